The summed E-state index contributed by atoms with van der Waals surface area (Å²) in [6, 6.07) is 9.78. The monoisotopic (exact) mass is 259 g/mol. The second-order valence-electron chi connectivity index (χ2n) is 5.51. The summed E-state index contributed by atoms with van der Waals surface area (Å²) in [6.45, 7) is 6.96. The molecule has 2 unspecified atom stereocenters. The second kappa shape index (κ2) is 5.43. The number of amides is 2. The van der Waals surface area contributed by atoms with Crippen LogP contribution >= 0.6 is 0 Å². The van der Waals surface area contributed by atoms with Crippen molar-refractivity contribution in [3.63, 3.8) is 0 Å². The Morgan fingerprint density at radius 1 is 1.26 bits per heavy atom. The van der Waals surface area contributed by atoms with Crippen LogP contribution in [0, 0.1) is 5.92 Å². The fourth-order valence-corrected chi connectivity index (χ4v) is 2.57. The molecule has 4 heteroatoms. The minimum Gasteiger partial charge on any atom is -0.385 e. The maximum atomic E-state index is 11.9. The summed E-state index contributed by atoms with van der Waals surface area (Å²) in [5.74, 6) is 0.979. The van der Waals surface area contributed by atoms with Crippen molar-refractivity contribution in [2.45, 2.75) is 32.7 Å². The number of urea groups is 1. The van der Waals surface area contributed by atoms with Gasteiger partial charge in [-0.15, -0.1) is 0 Å². The van der Waals surface area contributed by atoms with Gasteiger partial charge < -0.3 is 10.6 Å². The molecule has 1 aliphatic rings. The molecule has 0 spiro atoms. The number of hydrogen-bond donors (Lipinski definition) is 1. The molecule has 19 heavy (non-hydrogen) atoms. The summed E-state index contributed by atoms with van der Waals surface area (Å²) in [5.41, 5.74) is 7.14. The quantitative estimate of drug-likeness (QED) is 0.903. The van der Waals surface area contributed by atoms with Gasteiger partial charge in [0.05, 0.1) is 6.04 Å². The van der Waals surface area contributed by atoms with Gasteiger partial charge in [0, 0.05) is 12.5 Å². The summed E-state index contributed by atoms with van der Waals surface area (Å²) in [6.07, 6.45) is 0. The molecule has 1 heterocycles. The average molecular weight is 259 g/mol. The molecule has 0 radical (unpaired) electrons. The lowest BCUT2D eigenvalue weighted by Gasteiger charge is -2.30. The van der Waals surface area contributed by atoms with Crippen LogP contribution in [0.1, 0.15) is 32.3 Å². The van der Waals surface area contributed by atoms with E-state index in [9.17, 15) is 4.79 Å². The third-order valence-corrected chi connectivity index (χ3v) is 3.47. The van der Waals surface area contributed by atoms with Gasteiger partial charge in [-0.2, -0.15) is 4.99 Å². The minimum absolute atomic E-state index is 0.128. The first-order valence-corrected chi connectivity index (χ1v) is 6.70. The van der Waals surface area contributed by atoms with E-state index in [0.29, 0.717) is 18.3 Å². The third kappa shape index (κ3) is 2.78. The van der Waals surface area contributed by atoms with Crippen LogP contribution in [0.25, 0.3) is 0 Å². The Hall–Kier alpha value is -1.84. The van der Waals surface area contributed by atoms with Gasteiger partial charge in [-0.3, -0.25) is 0 Å². The van der Waals surface area contributed by atoms with Crippen molar-refractivity contribution in [3.8, 4) is 0 Å². The number of nitrogens with two attached hydrogens (primary N) is 1. The number of carbonyl (C=O) groups excluding carboxylic acids is 1. The molecule has 2 atom stereocenters. The SMILES string of the molecule is CC(C)CN1C(=O)N=C(N)C1C(C)c1ccccc1. The van der Waals surface area contributed by atoms with Crippen LogP contribution in [-0.4, -0.2) is 29.4 Å². The van der Waals surface area contributed by atoms with Crippen LogP contribution in [0.2, 0.25) is 0 Å². The van der Waals surface area contributed by atoms with E-state index in [0.717, 1.165) is 0 Å². The van der Waals surface area contributed by atoms with Crippen molar-refractivity contribution in [1.82, 2.24) is 4.90 Å². The van der Waals surface area contributed by atoms with E-state index in [-0.39, 0.29) is 18.0 Å². The largest absolute Gasteiger partial charge is 0.385 e. The molecule has 1 aliphatic heterocycles. The summed E-state index contributed by atoms with van der Waals surface area (Å²) in [7, 11) is 0. The first-order valence-electron chi connectivity index (χ1n) is 6.70. The zero-order chi connectivity index (χ0) is 14.0. The Labute approximate surface area is 114 Å². The highest BCUT2D eigenvalue weighted by Gasteiger charge is 2.37. The number of rotatable bonds is 4. The van der Waals surface area contributed by atoms with E-state index in [4.69, 9.17) is 5.73 Å². The fraction of sp³-hybridized carbons (Fsp3) is 0.467. The van der Waals surface area contributed by atoms with Gasteiger partial charge in [0.2, 0.25) is 0 Å². The first kappa shape index (κ1) is 13.6. The van der Waals surface area contributed by atoms with Crippen molar-refractivity contribution in [2.75, 3.05) is 6.54 Å². The Kier molecular flexibility index (Phi) is 3.88. The molecule has 2 N–H and O–H groups in total. The molecule has 0 bridgehead atoms. The fourth-order valence-electron chi connectivity index (χ4n) is 2.57. The Morgan fingerprint density at radius 3 is 2.47 bits per heavy atom. The van der Waals surface area contributed by atoms with E-state index >= 15 is 0 Å². The molecule has 0 aliphatic carbocycles. The second-order valence-corrected chi connectivity index (χ2v) is 5.51. The lowest BCUT2D eigenvalue weighted by atomic mass is 9.91. The lowest BCUT2D eigenvalue weighted by Crippen LogP contribution is -2.45. The third-order valence-electron chi connectivity index (χ3n) is 3.47. The van der Waals surface area contributed by atoms with Crippen molar-refractivity contribution >= 4 is 11.9 Å². The maximum Gasteiger partial charge on any atom is 0.345 e. The summed E-state index contributed by atoms with van der Waals surface area (Å²) in [5, 5.41) is 0. The molecule has 1 aromatic rings. The number of carbonyl (C=O) groups is 1. The zero-order valence-electron chi connectivity index (χ0n) is 11.7. The van der Waals surface area contributed by atoms with Gasteiger partial charge in [-0.25, -0.2) is 4.79 Å². The highest BCUT2D eigenvalue weighted by atomic mass is 16.2. The summed E-state index contributed by atoms with van der Waals surface area (Å²) in [4.78, 5) is 17.6. The van der Waals surface area contributed by atoms with Gasteiger partial charge in [0.1, 0.15) is 5.84 Å². The van der Waals surface area contributed by atoms with E-state index in [1.807, 2.05) is 18.2 Å². The molecule has 4 nitrogen and oxygen atoms in total. The van der Waals surface area contributed by atoms with Crippen LogP contribution in [-0.2, 0) is 0 Å². The van der Waals surface area contributed by atoms with Crippen LogP contribution in [0.5, 0.6) is 0 Å². The summed E-state index contributed by atoms with van der Waals surface area (Å²) >= 11 is 0. The Bertz CT molecular complexity index is 481. The van der Waals surface area contributed by atoms with E-state index in [2.05, 4.69) is 37.9 Å². The van der Waals surface area contributed by atoms with E-state index in [1.54, 1.807) is 4.90 Å². The Morgan fingerprint density at radius 2 is 1.89 bits per heavy atom. The van der Waals surface area contributed by atoms with Crippen LogP contribution < -0.4 is 5.73 Å². The molecular weight excluding hydrogens is 238 g/mol. The molecule has 1 aromatic carbocycles. The predicted octanol–water partition coefficient (Wildman–Crippen LogP) is 2.61. The molecular formula is C15H21N3O. The number of hydrogen-bond acceptors (Lipinski definition) is 2. The van der Waals surface area contributed by atoms with Crippen LogP contribution in [0.4, 0.5) is 4.79 Å². The molecule has 0 saturated carbocycles. The normalized spacial score (nSPS) is 20.8. The number of amidine groups is 1. The van der Waals surface area contributed by atoms with Gasteiger partial charge in [0.15, 0.2) is 0 Å². The Balaban J connectivity index is 2.25. The number of benzene rings is 1. The highest BCUT2D eigenvalue weighted by molar-refractivity contribution is 6.03. The zero-order valence-corrected chi connectivity index (χ0v) is 11.7. The number of aliphatic imine (C=N–C) groups is 1. The predicted molar refractivity (Wildman–Crippen MR) is 77.2 cm³/mol. The standard InChI is InChI=1S/C15H21N3O/c1-10(2)9-18-13(14(16)17-15(18)19)11(3)12-7-5-4-6-8-12/h4-8,10-11,13H,9H2,1-3H3,(H2,16,17,19). The van der Waals surface area contributed by atoms with Crippen molar-refractivity contribution in [2.24, 2.45) is 16.6 Å². The average Bonchev–Trinajstić information content (AvgIpc) is 2.64. The lowest BCUT2D eigenvalue weighted by molar-refractivity contribution is 0.192. The summed E-state index contributed by atoms with van der Waals surface area (Å²) < 4.78 is 0. The molecule has 2 rings (SSSR count). The van der Waals surface area contributed by atoms with Gasteiger partial charge in [0.25, 0.3) is 0 Å². The minimum atomic E-state index is -0.209. The van der Waals surface area contributed by atoms with E-state index in [1.165, 1.54) is 5.56 Å². The van der Waals surface area contributed by atoms with Crippen LogP contribution in [0.15, 0.2) is 35.3 Å². The van der Waals surface area contributed by atoms with Gasteiger partial charge in [-0.1, -0.05) is 51.1 Å². The van der Waals surface area contributed by atoms with Gasteiger partial charge >= 0.3 is 6.03 Å². The highest BCUT2D eigenvalue weighted by Crippen LogP contribution is 2.27. The van der Waals surface area contributed by atoms with Gasteiger partial charge in [-0.05, 0) is 11.5 Å². The maximum absolute atomic E-state index is 11.9. The number of nitrogens with zero attached hydrogens (tertiary/aromatic N) is 2. The van der Waals surface area contributed by atoms with Crippen LogP contribution in [0.3, 0.4) is 0 Å². The molecule has 102 valence electrons. The van der Waals surface area contributed by atoms with Crippen molar-refractivity contribution in [1.29, 1.82) is 0 Å². The van der Waals surface area contributed by atoms with Crippen molar-refractivity contribution < 1.29 is 4.79 Å². The topological polar surface area (TPSA) is 58.7 Å². The smallest absolute Gasteiger partial charge is 0.345 e. The molecule has 0 saturated heterocycles. The molecule has 0 aromatic heterocycles. The molecule has 0 fully saturated rings. The van der Waals surface area contributed by atoms with E-state index < -0.39 is 0 Å². The molecule has 2 amide bonds. The van der Waals surface area contributed by atoms with Crippen molar-refractivity contribution in [3.05, 3.63) is 35.9 Å². The first-order chi connectivity index (χ1) is 9.00.